The number of hydrogen-bond acceptors (Lipinski definition) is 7. The minimum absolute atomic E-state index is 0.154. The Labute approximate surface area is 176 Å². The number of nitrogens with one attached hydrogen (secondary N) is 2. The summed E-state index contributed by atoms with van der Waals surface area (Å²) in [4.78, 5) is 23.1. The molecule has 1 atom stereocenters. The van der Waals surface area contributed by atoms with Crippen molar-refractivity contribution in [2.24, 2.45) is 0 Å². The molecule has 0 unspecified atom stereocenters. The lowest BCUT2D eigenvalue weighted by molar-refractivity contribution is -0.384. The SMILES string of the molecule is Nc1ccc(S(=O)(=O)NCC(=O)N[C@H]2CCSc3ccc(Cl)cc32)cc1[N+](=O)[O-]. The summed E-state index contributed by atoms with van der Waals surface area (Å²) in [5.74, 6) is 0.279. The van der Waals surface area contributed by atoms with Crippen LogP contribution in [0.1, 0.15) is 18.0 Å². The van der Waals surface area contributed by atoms with Gasteiger partial charge in [-0.2, -0.15) is 0 Å². The zero-order valence-electron chi connectivity index (χ0n) is 14.9. The first-order valence-electron chi connectivity index (χ1n) is 8.42. The number of nitrogen functional groups attached to an aromatic ring is 1. The Hall–Kier alpha value is -2.34. The first-order chi connectivity index (χ1) is 13.7. The highest BCUT2D eigenvalue weighted by atomic mass is 35.5. The third-order valence-electron chi connectivity index (χ3n) is 4.28. The number of rotatable bonds is 6. The van der Waals surface area contributed by atoms with E-state index in [1.54, 1.807) is 23.9 Å². The van der Waals surface area contributed by atoms with Crippen LogP contribution in [0.2, 0.25) is 5.02 Å². The molecule has 1 amide bonds. The van der Waals surface area contributed by atoms with E-state index in [1.807, 2.05) is 6.07 Å². The normalized spacial score (nSPS) is 16.1. The van der Waals surface area contributed by atoms with Crippen molar-refractivity contribution >= 4 is 50.7 Å². The monoisotopic (exact) mass is 456 g/mol. The van der Waals surface area contributed by atoms with Gasteiger partial charge in [-0.1, -0.05) is 11.6 Å². The molecule has 1 aliphatic rings. The van der Waals surface area contributed by atoms with Crippen molar-refractivity contribution in [3.05, 3.63) is 57.1 Å². The molecule has 0 saturated carbocycles. The van der Waals surface area contributed by atoms with E-state index < -0.39 is 33.1 Å². The molecule has 0 aliphatic carbocycles. The molecule has 3 rings (SSSR count). The molecule has 0 aromatic heterocycles. The molecule has 0 radical (unpaired) electrons. The average molecular weight is 457 g/mol. The van der Waals surface area contributed by atoms with Gasteiger partial charge in [0.25, 0.3) is 5.69 Å². The first kappa shape index (κ1) is 21.4. The predicted molar refractivity (Wildman–Crippen MR) is 110 cm³/mol. The Bertz CT molecular complexity index is 1080. The molecule has 2 aromatic rings. The van der Waals surface area contributed by atoms with Crippen LogP contribution in [0, 0.1) is 10.1 Å². The van der Waals surface area contributed by atoms with E-state index in [4.69, 9.17) is 17.3 Å². The molecule has 29 heavy (non-hydrogen) atoms. The summed E-state index contributed by atoms with van der Waals surface area (Å²) in [6, 6.07) is 8.29. The Morgan fingerprint density at radius 1 is 1.31 bits per heavy atom. The smallest absolute Gasteiger partial charge is 0.293 e. The van der Waals surface area contributed by atoms with Gasteiger partial charge in [-0.25, -0.2) is 13.1 Å². The van der Waals surface area contributed by atoms with Crippen LogP contribution in [0.5, 0.6) is 0 Å². The maximum Gasteiger partial charge on any atom is 0.293 e. The van der Waals surface area contributed by atoms with Crippen LogP contribution in [-0.2, 0) is 14.8 Å². The van der Waals surface area contributed by atoms with Gasteiger partial charge in [0.05, 0.1) is 22.4 Å². The molecule has 4 N–H and O–H groups in total. The van der Waals surface area contributed by atoms with Crippen LogP contribution in [0.25, 0.3) is 0 Å². The summed E-state index contributed by atoms with van der Waals surface area (Å²) < 4.78 is 26.9. The zero-order valence-corrected chi connectivity index (χ0v) is 17.3. The quantitative estimate of drug-likeness (QED) is 0.344. The summed E-state index contributed by atoms with van der Waals surface area (Å²) in [6.07, 6.45) is 0.681. The van der Waals surface area contributed by atoms with E-state index in [0.29, 0.717) is 11.4 Å². The average Bonchev–Trinajstić information content (AvgIpc) is 2.67. The number of nitro benzene ring substituents is 1. The van der Waals surface area contributed by atoms with Crippen LogP contribution < -0.4 is 15.8 Å². The van der Waals surface area contributed by atoms with Crippen LogP contribution in [0.3, 0.4) is 0 Å². The van der Waals surface area contributed by atoms with Crippen molar-refractivity contribution in [2.75, 3.05) is 18.0 Å². The maximum atomic E-state index is 12.4. The highest BCUT2D eigenvalue weighted by Crippen LogP contribution is 2.37. The molecular weight excluding hydrogens is 440 g/mol. The van der Waals surface area contributed by atoms with Crippen molar-refractivity contribution in [2.45, 2.75) is 22.3 Å². The fourth-order valence-electron chi connectivity index (χ4n) is 2.85. The number of carbonyl (C=O) groups excluding carboxylic acids is 1. The van der Waals surface area contributed by atoms with Crippen molar-refractivity contribution in [3.63, 3.8) is 0 Å². The standard InChI is InChI=1S/C17H17ClN4O5S2/c18-10-1-4-16-12(7-10)14(5-6-28-16)21-17(23)9-20-29(26,27)11-2-3-13(19)15(8-11)22(24)25/h1-4,7-8,14,20H,5-6,9,19H2,(H,21,23)/t14-/m0/s1. The topological polar surface area (TPSA) is 144 Å². The lowest BCUT2D eigenvalue weighted by Crippen LogP contribution is -2.39. The van der Waals surface area contributed by atoms with Gasteiger partial charge in [0.15, 0.2) is 0 Å². The number of nitrogens with two attached hydrogens (primary N) is 1. The number of carbonyl (C=O) groups is 1. The van der Waals surface area contributed by atoms with Crippen molar-refractivity contribution in [1.29, 1.82) is 0 Å². The molecule has 0 bridgehead atoms. The minimum atomic E-state index is -4.13. The fraction of sp³-hybridized carbons (Fsp3) is 0.235. The second kappa shape index (κ2) is 8.57. The van der Waals surface area contributed by atoms with Gasteiger partial charge in [-0.3, -0.25) is 14.9 Å². The zero-order chi connectivity index (χ0) is 21.2. The number of benzene rings is 2. The van der Waals surface area contributed by atoms with Crippen LogP contribution in [-0.4, -0.2) is 31.5 Å². The van der Waals surface area contributed by atoms with Gasteiger partial charge >= 0.3 is 0 Å². The van der Waals surface area contributed by atoms with E-state index in [0.717, 1.165) is 34.4 Å². The number of sulfonamides is 1. The Balaban J connectivity index is 1.68. The number of fused-ring (bicyclic) bond motifs is 1. The number of nitrogens with zero attached hydrogens (tertiary/aromatic N) is 1. The van der Waals surface area contributed by atoms with Gasteiger partial charge in [0.1, 0.15) is 5.69 Å². The van der Waals surface area contributed by atoms with Crippen LogP contribution >= 0.6 is 23.4 Å². The van der Waals surface area contributed by atoms with E-state index in [9.17, 15) is 23.3 Å². The molecule has 0 fully saturated rings. The summed E-state index contributed by atoms with van der Waals surface area (Å²) >= 11 is 7.70. The van der Waals surface area contributed by atoms with Crippen molar-refractivity contribution in [1.82, 2.24) is 10.0 Å². The summed E-state index contributed by atoms with van der Waals surface area (Å²) in [6.45, 7) is -0.514. The number of nitro groups is 1. The minimum Gasteiger partial charge on any atom is -0.393 e. The largest absolute Gasteiger partial charge is 0.393 e. The van der Waals surface area contributed by atoms with Crippen molar-refractivity contribution < 1.29 is 18.1 Å². The molecule has 9 nitrogen and oxygen atoms in total. The number of halogens is 1. The Morgan fingerprint density at radius 2 is 2.07 bits per heavy atom. The third kappa shape index (κ3) is 4.99. The number of anilines is 1. The molecule has 0 saturated heterocycles. The molecular formula is C17H17ClN4O5S2. The third-order valence-corrected chi connectivity index (χ3v) is 7.03. The van der Waals surface area contributed by atoms with E-state index in [1.165, 1.54) is 0 Å². The summed E-state index contributed by atoms with van der Waals surface area (Å²) in [5.41, 5.74) is 5.69. The Morgan fingerprint density at radius 3 is 2.79 bits per heavy atom. The highest BCUT2D eigenvalue weighted by Gasteiger charge is 2.24. The lowest BCUT2D eigenvalue weighted by atomic mass is 10.0. The van der Waals surface area contributed by atoms with E-state index in [-0.39, 0.29) is 16.6 Å². The molecule has 1 heterocycles. The lowest BCUT2D eigenvalue weighted by Gasteiger charge is -2.26. The van der Waals surface area contributed by atoms with Gasteiger partial charge in [-0.15, -0.1) is 11.8 Å². The van der Waals surface area contributed by atoms with Gasteiger partial charge < -0.3 is 11.1 Å². The molecule has 12 heteroatoms. The molecule has 0 spiro atoms. The second-order valence-electron chi connectivity index (χ2n) is 6.24. The Kier molecular flexibility index (Phi) is 6.32. The van der Waals surface area contributed by atoms with E-state index in [2.05, 4.69) is 10.0 Å². The van der Waals surface area contributed by atoms with E-state index >= 15 is 0 Å². The molecule has 1 aliphatic heterocycles. The van der Waals surface area contributed by atoms with Gasteiger partial charge in [0.2, 0.25) is 15.9 Å². The predicted octanol–water partition coefficient (Wildman–Crippen LogP) is 2.46. The summed E-state index contributed by atoms with van der Waals surface area (Å²) in [7, 11) is -4.13. The van der Waals surface area contributed by atoms with Crippen molar-refractivity contribution in [3.8, 4) is 0 Å². The fourth-order valence-corrected chi connectivity index (χ4v) is 5.14. The molecule has 154 valence electrons. The number of hydrogen-bond donors (Lipinski definition) is 3. The number of thioether (sulfide) groups is 1. The number of amides is 1. The second-order valence-corrected chi connectivity index (χ2v) is 9.58. The van der Waals surface area contributed by atoms with Gasteiger partial charge in [0, 0.05) is 21.7 Å². The maximum absolute atomic E-state index is 12.4. The molecule has 2 aromatic carbocycles. The first-order valence-corrected chi connectivity index (χ1v) is 11.3. The van der Waals surface area contributed by atoms with Gasteiger partial charge in [-0.05, 0) is 42.3 Å². The summed E-state index contributed by atoms with van der Waals surface area (Å²) in [5, 5.41) is 14.3. The highest BCUT2D eigenvalue weighted by molar-refractivity contribution is 7.99. The van der Waals surface area contributed by atoms with Crippen LogP contribution in [0.15, 0.2) is 46.2 Å². The van der Waals surface area contributed by atoms with Crippen LogP contribution in [0.4, 0.5) is 11.4 Å².